The van der Waals surface area contributed by atoms with Crippen LogP contribution in [0.4, 0.5) is 22.8 Å². The molecule has 8 nitrogen and oxygen atoms in total. The first-order valence-electron chi connectivity index (χ1n) is 17.1. The maximum atomic E-state index is 14.1. The summed E-state index contributed by atoms with van der Waals surface area (Å²) in [5.74, 6) is -1.76. The van der Waals surface area contributed by atoms with Crippen LogP contribution in [0, 0.1) is 0 Å². The van der Waals surface area contributed by atoms with Crippen molar-refractivity contribution in [2.45, 2.75) is 64.3 Å². The number of quaternary nitrogens is 1. The molecule has 2 atom stereocenters. The number of alkyl halides is 3. The number of carboxylic acids is 1. The summed E-state index contributed by atoms with van der Waals surface area (Å²) >= 11 is 0. The molecule has 4 aromatic rings. The number of urea groups is 1. The van der Waals surface area contributed by atoms with Crippen molar-refractivity contribution >= 4 is 18.1 Å². The number of hydrogen-bond acceptors (Lipinski definition) is 5. The van der Waals surface area contributed by atoms with E-state index in [-0.39, 0.29) is 32.8 Å². The predicted molar refractivity (Wildman–Crippen MR) is 186 cm³/mol. The van der Waals surface area contributed by atoms with Gasteiger partial charge < -0.3 is 19.9 Å². The fourth-order valence-electron chi connectivity index (χ4n) is 6.17. The van der Waals surface area contributed by atoms with Crippen LogP contribution in [0.25, 0.3) is 11.1 Å². The van der Waals surface area contributed by atoms with Gasteiger partial charge in [-0.3, -0.25) is 4.79 Å². The molecule has 0 radical (unpaired) electrons. The third-order valence-corrected chi connectivity index (χ3v) is 9.20. The molecule has 0 aliphatic carbocycles. The van der Waals surface area contributed by atoms with Crippen molar-refractivity contribution < 1.29 is 46.6 Å². The van der Waals surface area contributed by atoms with Gasteiger partial charge in [0, 0.05) is 18.5 Å². The molecular formula is C40H42F3N2O6+. The second kappa shape index (κ2) is 16.7. The average molecular weight is 704 g/mol. The van der Waals surface area contributed by atoms with Crippen LogP contribution >= 0.6 is 0 Å². The maximum Gasteiger partial charge on any atom is 0.525 e. The van der Waals surface area contributed by atoms with Gasteiger partial charge in [0.05, 0.1) is 18.1 Å². The predicted octanol–water partition coefficient (Wildman–Crippen LogP) is 9.12. The van der Waals surface area contributed by atoms with E-state index in [4.69, 9.17) is 9.47 Å². The Labute approximate surface area is 295 Å². The summed E-state index contributed by atoms with van der Waals surface area (Å²) < 4.78 is 49.8. The Morgan fingerprint density at radius 3 is 2.24 bits per heavy atom. The van der Waals surface area contributed by atoms with Gasteiger partial charge >= 0.3 is 24.3 Å². The normalized spacial score (nSPS) is 16.1. The van der Waals surface area contributed by atoms with Gasteiger partial charge in [-0.15, -0.1) is 4.48 Å². The van der Waals surface area contributed by atoms with E-state index in [9.17, 15) is 32.7 Å². The number of hydrogen-bond donors (Lipinski definition) is 2. The smallest absolute Gasteiger partial charge is 0.489 e. The summed E-state index contributed by atoms with van der Waals surface area (Å²) in [5, 5.41) is 12.9. The lowest BCUT2D eigenvalue weighted by atomic mass is 9.96. The largest absolute Gasteiger partial charge is 0.525 e. The number of rotatable bonds is 13. The first-order chi connectivity index (χ1) is 24.5. The van der Waals surface area contributed by atoms with E-state index in [0.717, 1.165) is 48.1 Å². The van der Waals surface area contributed by atoms with E-state index < -0.39 is 40.2 Å². The van der Waals surface area contributed by atoms with Gasteiger partial charge in [-0.05, 0) is 58.5 Å². The van der Waals surface area contributed by atoms with E-state index in [1.807, 2.05) is 48.5 Å². The van der Waals surface area contributed by atoms with Crippen LogP contribution < -0.4 is 10.1 Å². The molecule has 0 bridgehead atoms. The molecular weight excluding hydrogens is 661 g/mol. The van der Waals surface area contributed by atoms with Crippen molar-refractivity contribution in [2.75, 3.05) is 19.7 Å². The number of carboxylic acid groups (broad SMARTS) is 1. The summed E-state index contributed by atoms with van der Waals surface area (Å²) in [4.78, 5) is 40.2. The number of fused-ring (bicyclic) bond motifs is 1. The van der Waals surface area contributed by atoms with Gasteiger partial charge in [-0.25, -0.2) is 4.79 Å². The molecule has 1 aliphatic rings. The first-order valence-corrected chi connectivity index (χ1v) is 17.1. The third-order valence-electron chi connectivity index (χ3n) is 9.20. The molecule has 0 saturated carbocycles. The van der Waals surface area contributed by atoms with Gasteiger partial charge in [0.25, 0.3) is 0 Å². The van der Waals surface area contributed by atoms with Crippen LogP contribution in [0.3, 0.4) is 0 Å². The van der Waals surface area contributed by atoms with Crippen LogP contribution in [0.15, 0.2) is 97.1 Å². The van der Waals surface area contributed by atoms with E-state index >= 15 is 0 Å². The molecule has 4 aromatic carbocycles. The highest BCUT2D eigenvalue weighted by molar-refractivity contribution is 5.82. The highest BCUT2D eigenvalue weighted by Crippen LogP contribution is 2.32. The quantitative estimate of drug-likeness (QED) is 0.106. The Hall–Kier alpha value is -5.16. The van der Waals surface area contributed by atoms with Gasteiger partial charge in [-0.1, -0.05) is 99.0 Å². The van der Waals surface area contributed by atoms with Crippen LogP contribution in [-0.4, -0.2) is 47.4 Å². The number of halogens is 3. The van der Waals surface area contributed by atoms with Crippen LogP contribution in [0.1, 0.15) is 66.3 Å². The Kier molecular flexibility index (Phi) is 12.1. The highest BCUT2D eigenvalue weighted by atomic mass is 19.4. The van der Waals surface area contributed by atoms with E-state index in [1.54, 1.807) is 24.3 Å². The Balaban J connectivity index is 1.32. The average Bonchev–Trinajstić information content (AvgIpc) is 3.13. The van der Waals surface area contributed by atoms with Crippen molar-refractivity contribution in [3.8, 4) is 16.9 Å². The fourth-order valence-corrected chi connectivity index (χ4v) is 6.17. The Bertz CT molecular complexity index is 1800. The molecule has 0 saturated heterocycles. The lowest BCUT2D eigenvalue weighted by molar-refractivity contribution is -0.794. The Morgan fingerprint density at radius 2 is 1.57 bits per heavy atom. The van der Waals surface area contributed by atoms with Gasteiger partial charge in [0.1, 0.15) is 25.4 Å². The van der Waals surface area contributed by atoms with Crippen molar-refractivity contribution in [2.24, 2.45) is 0 Å². The Morgan fingerprint density at radius 1 is 0.863 bits per heavy atom. The zero-order valence-corrected chi connectivity index (χ0v) is 28.5. The summed E-state index contributed by atoms with van der Waals surface area (Å²) in [6.07, 6.45) is -1.25. The second-order valence-corrected chi connectivity index (χ2v) is 12.8. The number of carbonyl (C=O) groups excluding carboxylic acids is 2. The number of amides is 3. The SMILES string of the molecule is CCCCCCOC(=O)[N+]1(C(=O)NCC(C(=O)O)c2ccc(-c3ccccc3)cc2)CCc2ccc(OCc3ccc(C(F)(F)F)cc3)cc2C1. The molecule has 1 heterocycles. The first kappa shape index (κ1) is 37.1. The number of nitrogens with zero attached hydrogens (tertiary/aromatic N) is 1. The molecule has 1 aliphatic heterocycles. The zero-order valence-electron chi connectivity index (χ0n) is 28.5. The van der Waals surface area contributed by atoms with Crippen molar-refractivity contribution in [3.63, 3.8) is 0 Å². The highest BCUT2D eigenvalue weighted by Gasteiger charge is 2.49. The lowest BCUT2D eigenvalue weighted by Gasteiger charge is -2.35. The van der Waals surface area contributed by atoms with E-state index in [2.05, 4.69) is 12.2 Å². The molecule has 5 rings (SSSR count). The summed E-state index contributed by atoms with van der Waals surface area (Å²) in [6.45, 7) is 2.07. The summed E-state index contributed by atoms with van der Waals surface area (Å²) in [5.41, 5.74) is 3.80. The van der Waals surface area contributed by atoms with E-state index in [1.165, 1.54) is 12.1 Å². The molecule has 268 valence electrons. The molecule has 2 unspecified atom stereocenters. The number of imide groups is 1. The summed E-state index contributed by atoms with van der Waals surface area (Å²) in [7, 11) is 0. The lowest BCUT2D eigenvalue weighted by Crippen LogP contribution is -2.63. The number of aliphatic carboxylic acids is 1. The fraction of sp³-hybridized carbons (Fsp3) is 0.325. The molecule has 0 spiro atoms. The van der Waals surface area contributed by atoms with E-state index in [0.29, 0.717) is 35.3 Å². The maximum absolute atomic E-state index is 14.1. The van der Waals surface area contributed by atoms with Crippen LogP contribution in [0.2, 0.25) is 0 Å². The minimum Gasteiger partial charge on any atom is -0.489 e. The minimum absolute atomic E-state index is 0.0140. The van der Waals surface area contributed by atoms with Crippen LogP contribution in [-0.2, 0) is 35.3 Å². The minimum atomic E-state index is -4.44. The number of carbonyl (C=O) groups is 3. The standard InChI is InChI=1S/C40H41F3N2O6/c1-2-3-4-8-23-50-39(49)45(38(48)44-25-36(37(46)47)32-15-13-30(14-16-32)29-9-6-5-7-10-29)22-21-31-17-20-35(24-33(31)26-45)51-27-28-11-18-34(19-12-28)40(41,42)43/h5-7,9-20,24,36H,2-4,8,21-23,25-27H2,1H3,(H-,44,46,47,48)/p+1. The van der Waals surface area contributed by atoms with Crippen molar-refractivity contribution in [1.29, 1.82) is 0 Å². The number of ether oxygens (including phenoxy) is 2. The number of benzene rings is 4. The van der Waals surface area contributed by atoms with Gasteiger partial charge in [0.2, 0.25) is 0 Å². The molecule has 0 aromatic heterocycles. The van der Waals surface area contributed by atoms with Gasteiger partial charge in [0.15, 0.2) is 0 Å². The monoisotopic (exact) mass is 703 g/mol. The molecule has 0 fully saturated rings. The summed E-state index contributed by atoms with van der Waals surface area (Å²) in [6, 6.07) is 26.2. The molecule has 3 amide bonds. The molecule has 11 heteroatoms. The molecule has 2 N–H and O–H groups in total. The van der Waals surface area contributed by atoms with Gasteiger partial charge in [-0.2, -0.15) is 18.0 Å². The van der Waals surface area contributed by atoms with Crippen LogP contribution in [0.5, 0.6) is 5.75 Å². The second-order valence-electron chi connectivity index (χ2n) is 12.8. The molecule has 51 heavy (non-hydrogen) atoms. The number of unbranched alkanes of at least 4 members (excludes halogenated alkanes) is 3. The van der Waals surface area contributed by atoms with Crippen molar-refractivity contribution in [1.82, 2.24) is 5.32 Å². The number of nitrogens with one attached hydrogen (secondary N) is 1. The zero-order chi connectivity index (χ0) is 36.4. The topological polar surface area (TPSA) is 102 Å². The van der Waals surface area contributed by atoms with Crippen molar-refractivity contribution in [3.05, 3.63) is 125 Å². The third kappa shape index (κ3) is 9.35.